The smallest absolute Gasteiger partial charge is 0.160 e. The molecule has 25 heavy (non-hydrogen) atoms. The van der Waals surface area contributed by atoms with Gasteiger partial charge in [0, 0.05) is 0 Å². The predicted octanol–water partition coefficient (Wildman–Crippen LogP) is 4.20. The molecule has 5 nitrogen and oxygen atoms in total. The van der Waals surface area contributed by atoms with E-state index in [0.29, 0.717) is 11.5 Å². The molecule has 3 rings (SSSR count). The van der Waals surface area contributed by atoms with Crippen LogP contribution < -0.4 is 9.47 Å². The summed E-state index contributed by atoms with van der Waals surface area (Å²) in [5, 5.41) is 19.6. The van der Waals surface area contributed by atoms with Gasteiger partial charge in [-0.25, -0.2) is 0 Å². The molecule has 0 radical (unpaired) electrons. The van der Waals surface area contributed by atoms with Crippen molar-refractivity contribution in [2.75, 3.05) is 14.2 Å². The summed E-state index contributed by atoms with van der Waals surface area (Å²) in [7, 11) is 3.07. The maximum atomic E-state index is 9.81. The summed E-state index contributed by atoms with van der Waals surface area (Å²) in [5.41, 5.74) is 1.95. The second-order valence-electron chi connectivity index (χ2n) is 6.56. The Morgan fingerprint density at radius 1 is 0.760 bits per heavy atom. The highest BCUT2D eigenvalue weighted by molar-refractivity contribution is 5.44. The van der Waals surface area contributed by atoms with Crippen LogP contribution >= 0.6 is 0 Å². The van der Waals surface area contributed by atoms with Gasteiger partial charge >= 0.3 is 0 Å². The molecule has 1 aliphatic heterocycles. The highest BCUT2D eigenvalue weighted by atomic mass is 16.5. The van der Waals surface area contributed by atoms with Crippen LogP contribution in [-0.2, 0) is 4.74 Å². The SMILES string of the molecule is COc1cc([C@H]2O[C@H](c3ccc(O)c(OC)c3)[C@H](C)[C@H]2C)ccc1O. The Hall–Kier alpha value is -2.40. The lowest BCUT2D eigenvalue weighted by Crippen LogP contribution is -2.10. The Kier molecular flexibility index (Phi) is 4.77. The molecule has 1 aliphatic rings. The van der Waals surface area contributed by atoms with E-state index in [4.69, 9.17) is 14.2 Å². The van der Waals surface area contributed by atoms with Crippen LogP contribution in [0.2, 0.25) is 0 Å². The molecule has 0 spiro atoms. The summed E-state index contributed by atoms with van der Waals surface area (Å²) in [4.78, 5) is 0. The third kappa shape index (κ3) is 3.12. The molecule has 0 aromatic heterocycles. The van der Waals surface area contributed by atoms with Crippen LogP contribution in [0.5, 0.6) is 23.0 Å². The summed E-state index contributed by atoms with van der Waals surface area (Å²) >= 11 is 0. The van der Waals surface area contributed by atoms with Gasteiger partial charge in [-0.3, -0.25) is 0 Å². The van der Waals surface area contributed by atoms with Crippen molar-refractivity contribution in [1.82, 2.24) is 0 Å². The largest absolute Gasteiger partial charge is 0.504 e. The number of methoxy groups -OCH3 is 2. The lowest BCUT2D eigenvalue weighted by molar-refractivity contribution is 0.0288. The number of phenolic OH excluding ortho intramolecular Hbond substituents is 2. The van der Waals surface area contributed by atoms with E-state index in [1.165, 1.54) is 14.2 Å². The van der Waals surface area contributed by atoms with E-state index in [0.717, 1.165) is 11.1 Å². The number of rotatable bonds is 4. The zero-order chi connectivity index (χ0) is 18.1. The quantitative estimate of drug-likeness (QED) is 0.870. The number of phenols is 2. The number of hydrogen-bond acceptors (Lipinski definition) is 5. The van der Waals surface area contributed by atoms with Crippen molar-refractivity contribution >= 4 is 0 Å². The molecular weight excluding hydrogens is 320 g/mol. The third-order valence-electron chi connectivity index (χ3n) is 5.14. The minimum atomic E-state index is -0.103. The van der Waals surface area contributed by atoms with Gasteiger partial charge in [0.1, 0.15) is 0 Å². The molecule has 1 fully saturated rings. The van der Waals surface area contributed by atoms with Crippen molar-refractivity contribution in [2.45, 2.75) is 26.1 Å². The summed E-state index contributed by atoms with van der Waals surface area (Å²) < 4.78 is 16.8. The molecule has 0 aliphatic carbocycles. The zero-order valence-corrected chi connectivity index (χ0v) is 14.9. The molecule has 5 heteroatoms. The topological polar surface area (TPSA) is 68.2 Å². The van der Waals surface area contributed by atoms with E-state index >= 15 is 0 Å². The van der Waals surface area contributed by atoms with Crippen molar-refractivity contribution in [2.24, 2.45) is 11.8 Å². The van der Waals surface area contributed by atoms with Crippen LogP contribution in [0, 0.1) is 11.8 Å². The van der Waals surface area contributed by atoms with Gasteiger partial charge in [0.25, 0.3) is 0 Å². The number of hydrogen-bond donors (Lipinski definition) is 2. The van der Waals surface area contributed by atoms with E-state index in [2.05, 4.69) is 13.8 Å². The van der Waals surface area contributed by atoms with E-state index in [9.17, 15) is 10.2 Å². The first kappa shape index (κ1) is 17.4. The maximum Gasteiger partial charge on any atom is 0.160 e. The van der Waals surface area contributed by atoms with Gasteiger partial charge in [0.2, 0.25) is 0 Å². The molecule has 1 heterocycles. The van der Waals surface area contributed by atoms with Crippen LogP contribution in [0.15, 0.2) is 36.4 Å². The highest BCUT2D eigenvalue weighted by Crippen LogP contribution is 2.50. The van der Waals surface area contributed by atoms with E-state index in [-0.39, 0.29) is 35.5 Å². The number of benzene rings is 2. The molecule has 0 saturated carbocycles. The van der Waals surface area contributed by atoms with Gasteiger partial charge in [-0.15, -0.1) is 0 Å². The summed E-state index contributed by atoms with van der Waals surface area (Å²) in [6.45, 7) is 4.32. The van der Waals surface area contributed by atoms with Crippen molar-refractivity contribution in [1.29, 1.82) is 0 Å². The Balaban J connectivity index is 1.91. The first-order valence-electron chi connectivity index (χ1n) is 8.35. The average Bonchev–Trinajstić information content (AvgIpc) is 2.91. The molecule has 4 atom stereocenters. The van der Waals surface area contributed by atoms with E-state index in [1.54, 1.807) is 12.1 Å². The summed E-state index contributed by atoms with van der Waals surface area (Å²) in [5.74, 6) is 1.67. The average molecular weight is 344 g/mol. The normalized spacial score (nSPS) is 25.8. The Labute approximate surface area is 147 Å². The fraction of sp³-hybridized carbons (Fsp3) is 0.400. The van der Waals surface area contributed by atoms with Gasteiger partial charge < -0.3 is 24.4 Å². The van der Waals surface area contributed by atoms with E-state index in [1.807, 2.05) is 24.3 Å². The van der Waals surface area contributed by atoms with Crippen molar-refractivity contribution < 1.29 is 24.4 Å². The van der Waals surface area contributed by atoms with Gasteiger partial charge in [-0.05, 0) is 47.2 Å². The Morgan fingerprint density at radius 2 is 1.16 bits per heavy atom. The van der Waals surface area contributed by atoms with Gasteiger partial charge in [-0.2, -0.15) is 0 Å². The van der Waals surface area contributed by atoms with Crippen molar-refractivity contribution in [3.63, 3.8) is 0 Å². The lowest BCUT2D eigenvalue weighted by Gasteiger charge is -2.18. The fourth-order valence-electron chi connectivity index (χ4n) is 3.46. The van der Waals surface area contributed by atoms with Crippen LogP contribution in [0.3, 0.4) is 0 Å². The molecule has 2 aromatic rings. The summed E-state index contributed by atoms with van der Waals surface area (Å²) in [6.07, 6.45) is -0.205. The van der Waals surface area contributed by atoms with Crippen LogP contribution in [0.25, 0.3) is 0 Å². The Bertz CT molecular complexity index is 694. The second-order valence-corrected chi connectivity index (χ2v) is 6.56. The third-order valence-corrected chi connectivity index (χ3v) is 5.14. The molecule has 0 unspecified atom stereocenters. The molecular formula is C20H24O5. The number of aromatic hydroxyl groups is 2. The minimum absolute atomic E-state index is 0.103. The molecule has 0 amide bonds. The maximum absolute atomic E-state index is 9.81. The van der Waals surface area contributed by atoms with Gasteiger partial charge in [0.05, 0.1) is 26.4 Å². The van der Waals surface area contributed by atoms with Crippen molar-refractivity contribution in [3.8, 4) is 23.0 Å². The predicted molar refractivity (Wildman–Crippen MR) is 94.2 cm³/mol. The Morgan fingerprint density at radius 3 is 1.52 bits per heavy atom. The standard InChI is InChI=1S/C20H24O5/c1-11-12(2)20(14-6-8-16(22)18(10-14)24-4)25-19(11)13-5-7-15(21)17(9-13)23-3/h5-12,19-22H,1-4H3/t11-,12-,19+,20+/m1/s1. The molecule has 2 N–H and O–H groups in total. The fourth-order valence-corrected chi connectivity index (χ4v) is 3.46. The molecule has 2 aromatic carbocycles. The monoisotopic (exact) mass is 344 g/mol. The van der Waals surface area contributed by atoms with Crippen LogP contribution in [0.1, 0.15) is 37.2 Å². The zero-order valence-electron chi connectivity index (χ0n) is 14.9. The lowest BCUT2D eigenvalue weighted by atomic mass is 9.85. The molecule has 0 bridgehead atoms. The summed E-state index contributed by atoms with van der Waals surface area (Å²) in [6, 6.07) is 10.6. The molecule has 1 saturated heterocycles. The minimum Gasteiger partial charge on any atom is -0.504 e. The first-order valence-corrected chi connectivity index (χ1v) is 8.35. The second kappa shape index (κ2) is 6.84. The van der Waals surface area contributed by atoms with Gasteiger partial charge in [-0.1, -0.05) is 26.0 Å². The van der Waals surface area contributed by atoms with Gasteiger partial charge in [0.15, 0.2) is 23.0 Å². The van der Waals surface area contributed by atoms with Crippen LogP contribution in [-0.4, -0.2) is 24.4 Å². The van der Waals surface area contributed by atoms with E-state index < -0.39 is 0 Å². The van der Waals surface area contributed by atoms with Crippen LogP contribution in [0.4, 0.5) is 0 Å². The first-order chi connectivity index (χ1) is 12.0. The number of ether oxygens (including phenoxy) is 3. The molecule has 134 valence electrons. The highest BCUT2D eigenvalue weighted by Gasteiger charge is 2.41. The van der Waals surface area contributed by atoms with Crippen molar-refractivity contribution in [3.05, 3.63) is 47.5 Å².